The molecule has 0 aromatic carbocycles. The van der Waals surface area contributed by atoms with Gasteiger partial charge in [0.2, 0.25) is 0 Å². The van der Waals surface area contributed by atoms with Gasteiger partial charge in [0, 0.05) is 6.54 Å². The van der Waals surface area contributed by atoms with Crippen LogP contribution in [0.4, 0.5) is 0 Å². The van der Waals surface area contributed by atoms with Crippen molar-refractivity contribution in [1.29, 1.82) is 0 Å². The van der Waals surface area contributed by atoms with Gasteiger partial charge < -0.3 is 10.0 Å². The molecule has 1 N–H and O–H groups in total. The van der Waals surface area contributed by atoms with Gasteiger partial charge in [-0.15, -0.1) is 0 Å². The summed E-state index contributed by atoms with van der Waals surface area (Å²) in [6, 6.07) is 0. The van der Waals surface area contributed by atoms with E-state index in [1.807, 2.05) is 6.92 Å². The van der Waals surface area contributed by atoms with Crippen LogP contribution in [0.1, 0.15) is 20.3 Å². The fourth-order valence-corrected chi connectivity index (χ4v) is 1.89. The summed E-state index contributed by atoms with van der Waals surface area (Å²) in [4.78, 5) is 13.1. The number of carboxylic acids is 1. The predicted octanol–water partition coefficient (Wildman–Crippen LogP) is 1.05. The molecule has 1 heterocycles. The molecule has 12 heavy (non-hydrogen) atoms. The molecule has 0 bridgehead atoms. The molecule has 0 aromatic heterocycles. The van der Waals surface area contributed by atoms with Crippen LogP contribution in [-0.4, -0.2) is 35.6 Å². The third kappa shape index (κ3) is 1.97. The van der Waals surface area contributed by atoms with E-state index in [4.69, 9.17) is 5.11 Å². The highest BCUT2D eigenvalue weighted by Crippen LogP contribution is 2.22. The highest BCUT2D eigenvalue weighted by Gasteiger charge is 2.30. The molecular formula is C9H17NO2. The molecule has 1 fully saturated rings. The lowest BCUT2D eigenvalue weighted by Gasteiger charge is -2.34. The molecule has 1 aliphatic rings. The Kier molecular flexibility index (Phi) is 3.09. The van der Waals surface area contributed by atoms with E-state index in [9.17, 15) is 4.79 Å². The van der Waals surface area contributed by atoms with E-state index in [0.717, 1.165) is 26.1 Å². The maximum atomic E-state index is 10.7. The predicted molar refractivity (Wildman–Crippen MR) is 47.0 cm³/mol. The molecule has 3 nitrogen and oxygen atoms in total. The summed E-state index contributed by atoms with van der Waals surface area (Å²) < 4.78 is 0. The number of likely N-dealkylation sites (tertiary alicyclic amines) is 1. The minimum atomic E-state index is -0.627. The summed E-state index contributed by atoms with van der Waals surface area (Å²) in [5.74, 6) is -0.442. The molecule has 1 rings (SSSR count). The Morgan fingerprint density at radius 2 is 2.33 bits per heavy atom. The SMILES string of the molecule is CCN1CCC(C(=O)O)C(C)C1. The van der Waals surface area contributed by atoms with Crippen molar-refractivity contribution in [2.24, 2.45) is 11.8 Å². The van der Waals surface area contributed by atoms with Crippen molar-refractivity contribution >= 4 is 5.97 Å². The number of hydrogen-bond donors (Lipinski definition) is 1. The first kappa shape index (κ1) is 9.52. The van der Waals surface area contributed by atoms with E-state index in [-0.39, 0.29) is 5.92 Å². The third-order valence-electron chi connectivity index (χ3n) is 2.75. The van der Waals surface area contributed by atoms with Crippen molar-refractivity contribution in [3.8, 4) is 0 Å². The molecule has 70 valence electrons. The zero-order chi connectivity index (χ0) is 9.14. The summed E-state index contributed by atoms with van der Waals surface area (Å²) in [5, 5.41) is 8.85. The van der Waals surface area contributed by atoms with Gasteiger partial charge in [0.25, 0.3) is 0 Å². The second-order valence-electron chi connectivity index (χ2n) is 3.60. The number of aliphatic carboxylic acids is 1. The lowest BCUT2D eigenvalue weighted by molar-refractivity contribution is -0.145. The first-order valence-electron chi connectivity index (χ1n) is 4.60. The minimum absolute atomic E-state index is 0.118. The Morgan fingerprint density at radius 1 is 1.67 bits per heavy atom. The Morgan fingerprint density at radius 3 is 2.75 bits per heavy atom. The first-order valence-corrected chi connectivity index (χ1v) is 4.60. The summed E-state index contributed by atoms with van der Waals surface area (Å²) >= 11 is 0. The van der Waals surface area contributed by atoms with Crippen molar-refractivity contribution < 1.29 is 9.90 Å². The van der Waals surface area contributed by atoms with E-state index in [2.05, 4.69) is 11.8 Å². The minimum Gasteiger partial charge on any atom is -0.481 e. The Bertz CT molecular complexity index is 170. The molecule has 1 saturated heterocycles. The maximum absolute atomic E-state index is 10.7. The standard InChI is InChI=1S/C9H17NO2/c1-3-10-5-4-8(9(11)12)7(2)6-10/h7-8H,3-6H2,1-2H3,(H,11,12). The summed E-state index contributed by atoms with van der Waals surface area (Å²) in [5.41, 5.74) is 0. The van der Waals surface area contributed by atoms with Crippen molar-refractivity contribution in [2.75, 3.05) is 19.6 Å². The molecule has 1 aliphatic heterocycles. The maximum Gasteiger partial charge on any atom is 0.306 e. The van der Waals surface area contributed by atoms with Crippen LogP contribution in [0.2, 0.25) is 0 Å². The molecule has 2 atom stereocenters. The zero-order valence-electron chi connectivity index (χ0n) is 7.79. The van der Waals surface area contributed by atoms with Crippen LogP contribution < -0.4 is 0 Å². The van der Waals surface area contributed by atoms with E-state index in [1.54, 1.807) is 0 Å². The Hall–Kier alpha value is -0.570. The van der Waals surface area contributed by atoms with Gasteiger partial charge in [-0.3, -0.25) is 4.79 Å². The second-order valence-corrected chi connectivity index (χ2v) is 3.60. The highest BCUT2D eigenvalue weighted by molar-refractivity contribution is 5.70. The number of rotatable bonds is 2. The van der Waals surface area contributed by atoms with Crippen LogP contribution in [0.25, 0.3) is 0 Å². The highest BCUT2D eigenvalue weighted by atomic mass is 16.4. The van der Waals surface area contributed by atoms with Crippen LogP contribution in [0.3, 0.4) is 0 Å². The smallest absolute Gasteiger partial charge is 0.306 e. The van der Waals surface area contributed by atoms with Gasteiger partial charge in [0.05, 0.1) is 5.92 Å². The molecule has 0 aromatic rings. The number of carboxylic acid groups (broad SMARTS) is 1. The van der Waals surface area contributed by atoms with Gasteiger partial charge in [0.15, 0.2) is 0 Å². The summed E-state index contributed by atoms with van der Waals surface area (Å²) in [6.45, 7) is 7.07. The largest absolute Gasteiger partial charge is 0.481 e. The second kappa shape index (κ2) is 3.90. The monoisotopic (exact) mass is 171 g/mol. The normalized spacial score (nSPS) is 31.8. The zero-order valence-corrected chi connectivity index (χ0v) is 7.79. The molecule has 0 spiro atoms. The number of carbonyl (C=O) groups is 1. The summed E-state index contributed by atoms with van der Waals surface area (Å²) in [7, 11) is 0. The first-order chi connectivity index (χ1) is 5.65. The van der Waals surface area contributed by atoms with Crippen molar-refractivity contribution in [3.63, 3.8) is 0 Å². The van der Waals surface area contributed by atoms with Gasteiger partial charge in [-0.1, -0.05) is 13.8 Å². The topological polar surface area (TPSA) is 40.5 Å². The Labute approximate surface area is 73.4 Å². The average Bonchev–Trinajstić information content (AvgIpc) is 2.03. The van der Waals surface area contributed by atoms with Crippen LogP contribution >= 0.6 is 0 Å². The molecule has 0 saturated carbocycles. The average molecular weight is 171 g/mol. The van der Waals surface area contributed by atoms with Gasteiger partial charge in [-0.05, 0) is 25.4 Å². The lowest BCUT2D eigenvalue weighted by Crippen LogP contribution is -2.41. The van der Waals surface area contributed by atoms with Gasteiger partial charge in [0.1, 0.15) is 0 Å². The van der Waals surface area contributed by atoms with Gasteiger partial charge in [-0.2, -0.15) is 0 Å². The van der Waals surface area contributed by atoms with E-state index < -0.39 is 5.97 Å². The van der Waals surface area contributed by atoms with Crippen LogP contribution in [-0.2, 0) is 4.79 Å². The van der Waals surface area contributed by atoms with Crippen molar-refractivity contribution in [3.05, 3.63) is 0 Å². The fraction of sp³-hybridized carbons (Fsp3) is 0.889. The van der Waals surface area contributed by atoms with Crippen molar-refractivity contribution in [2.45, 2.75) is 20.3 Å². The molecule has 0 amide bonds. The van der Waals surface area contributed by atoms with Crippen LogP contribution in [0, 0.1) is 11.8 Å². The van der Waals surface area contributed by atoms with E-state index in [1.165, 1.54) is 0 Å². The molecule has 2 unspecified atom stereocenters. The molecular weight excluding hydrogens is 154 g/mol. The van der Waals surface area contributed by atoms with E-state index >= 15 is 0 Å². The van der Waals surface area contributed by atoms with Crippen LogP contribution in [0.15, 0.2) is 0 Å². The molecule has 0 radical (unpaired) electrons. The summed E-state index contributed by atoms with van der Waals surface area (Å²) in [6.07, 6.45) is 0.810. The van der Waals surface area contributed by atoms with Gasteiger partial charge >= 0.3 is 5.97 Å². The fourth-order valence-electron chi connectivity index (χ4n) is 1.89. The molecule has 0 aliphatic carbocycles. The Balaban J connectivity index is 2.47. The third-order valence-corrected chi connectivity index (χ3v) is 2.75. The lowest BCUT2D eigenvalue weighted by atomic mass is 9.87. The number of hydrogen-bond acceptors (Lipinski definition) is 2. The number of nitrogens with zero attached hydrogens (tertiary/aromatic N) is 1. The van der Waals surface area contributed by atoms with Gasteiger partial charge in [-0.25, -0.2) is 0 Å². The van der Waals surface area contributed by atoms with Crippen LogP contribution in [0.5, 0.6) is 0 Å². The quantitative estimate of drug-likeness (QED) is 0.675. The molecule has 3 heteroatoms. The van der Waals surface area contributed by atoms with Crippen molar-refractivity contribution in [1.82, 2.24) is 4.90 Å². The number of piperidine rings is 1. The van der Waals surface area contributed by atoms with E-state index in [0.29, 0.717) is 5.92 Å².